The second-order valence-corrected chi connectivity index (χ2v) is 4.80. The Labute approximate surface area is 115 Å². The monoisotopic (exact) mass is 304 g/mol. The lowest BCUT2D eigenvalue weighted by Crippen LogP contribution is -2.31. The lowest BCUT2D eigenvalue weighted by atomic mass is 10.2. The number of hydrogen-bond donors (Lipinski definition) is 2. The van der Waals surface area contributed by atoms with Crippen LogP contribution in [0.2, 0.25) is 0 Å². The number of anilines is 1. The van der Waals surface area contributed by atoms with Crippen LogP contribution in [0.3, 0.4) is 0 Å². The molecule has 0 radical (unpaired) electrons. The minimum Gasteiger partial charge on any atom is -0.293 e. The van der Waals surface area contributed by atoms with Crippen LogP contribution in [0, 0.1) is 23.3 Å². The van der Waals surface area contributed by atoms with E-state index >= 15 is 0 Å². The Hall–Kier alpha value is -2.09. The molecule has 20 heavy (non-hydrogen) atoms. The molecular weight excluding hydrogens is 296 g/mol. The van der Waals surface area contributed by atoms with Crippen molar-refractivity contribution >= 4 is 22.9 Å². The Bertz CT molecular complexity index is 605. The summed E-state index contributed by atoms with van der Waals surface area (Å²) in [7, 11) is 0. The lowest BCUT2D eigenvalue weighted by molar-refractivity contribution is -0.119. The van der Waals surface area contributed by atoms with Gasteiger partial charge in [-0.25, -0.2) is 17.6 Å². The van der Waals surface area contributed by atoms with Gasteiger partial charge in [0.15, 0.2) is 23.3 Å². The molecule has 2 N–H and O–H groups in total. The average Bonchev–Trinajstić information content (AvgIpc) is 2.89. The molecule has 0 saturated carbocycles. The van der Waals surface area contributed by atoms with Crippen molar-refractivity contribution in [3.8, 4) is 0 Å². The second-order valence-electron chi connectivity index (χ2n) is 3.77. The predicted molar refractivity (Wildman–Crippen MR) is 66.1 cm³/mol. The number of benzene rings is 1. The zero-order chi connectivity index (χ0) is 14.7. The van der Waals surface area contributed by atoms with E-state index in [9.17, 15) is 22.4 Å². The molecule has 2 rings (SSSR count). The Balaban J connectivity index is 2.06. The fraction of sp³-hybridized carbons (Fsp3) is 0.0833. The summed E-state index contributed by atoms with van der Waals surface area (Å²) in [5.41, 5.74) is 2.75. The number of rotatable bonds is 4. The normalized spacial score (nSPS) is 10.4. The molecule has 0 atom stereocenters. The van der Waals surface area contributed by atoms with Gasteiger partial charge in [0.05, 0.1) is 6.42 Å². The molecule has 2 aromatic rings. The Morgan fingerprint density at radius 2 is 1.80 bits per heavy atom. The van der Waals surface area contributed by atoms with E-state index in [4.69, 9.17) is 0 Å². The van der Waals surface area contributed by atoms with E-state index in [1.165, 1.54) is 11.3 Å². The molecule has 8 heteroatoms. The summed E-state index contributed by atoms with van der Waals surface area (Å²) >= 11 is 1.33. The molecule has 1 amide bonds. The van der Waals surface area contributed by atoms with Gasteiger partial charge in [-0.3, -0.25) is 15.6 Å². The highest BCUT2D eigenvalue weighted by molar-refractivity contribution is 7.10. The van der Waals surface area contributed by atoms with Crippen molar-refractivity contribution in [2.24, 2.45) is 0 Å². The number of amides is 1. The predicted octanol–water partition coefficient (Wildman–Crippen LogP) is 2.99. The maximum Gasteiger partial charge on any atom is 0.243 e. The third-order valence-electron chi connectivity index (χ3n) is 2.35. The topological polar surface area (TPSA) is 41.1 Å². The van der Waals surface area contributed by atoms with Gasteiger partial charge in [-0.1, -0.05) is 6.07 Å². The molecule has 0 saturated heterocycles. The number of hydrogen-bond acceptors (Lipinski definition) is 3. The van der Waals surface area contributed by atoms with E-state index in [1.807, 2.05) is 10.9 Å². The van der Waals surface area contributed by atoms with Crippen LogP contribution in [-0.4, -0.2) is 5.91 Å². The molecule has 0 aliphatic carbocycles. The molecule has 0 fully saturated rings. The van der Waals surface area contributed by atoms with E-state index in [-0.39, 0.29) is 12.5 Å². The largest absolute Gasteiger partial charge is 0.293 e. The lowest BCUT2D eigenvalue weighted by Gasteiger charge is -2.10. The summed E-state index contributed by atoms with van der Waals surface area (Å²) in [6.07, 6.45) is -0.0221. The molecule has 1 aromatic heterocycles. The van der Waals surface area contributed by atoms with Gasteiger partial charge in [0.25, 0.3) is 0 Å². The van der Waals surface area contributed by atoms with E-state index in [0.29, 0.717) is 0 Å². The van der Waals surface area contributed by atoms with Crippen molar-refractivity contribution in [2.45, 2.75) is 6.42 Å². The van der Waals surface area contributed by atoms with Crippen LogP contribution >= 0.6 is 11.3 Å². The van der Waals surface area contributed by atoms with Crippen LogP contribution in [0.25, 0.3) is 0 Å². The van der Waals surface area contributed by atoms with Gasteiger partial charge < -0.3 is 0 Å². The summed E-state index contributed by atoms with van der Waals surface area (Å²) in [5, 5.41) is 1.76. The smallest absolute Gasteiger partial charge is 0.243 e. The van der Waals surface area contributed by atoms with E-state index in [1.54, 1.807) is 17.5 Å². The van der Waals surface area contributed by atoms with Crippen LogP contribution in [0.1, 0.15) is 4.88 Å². The first-order valence-electron chi connectivity index (χ1n) is 5.39. The Kier molecular flexibility index (Phi) is 4.23. The molecule has 3 nitrogen and oxygen atoms in total. The minimum atomic E-state index is -1.61. The summed E-state index contributed by atoms with van der Waals surface area (Å²) in [4.78, 5) is 12.2. The summed E-state index contributed by atoms with van der Waals surface area (Å²) < 4.78 is 52.4. The SMILES string of the molecule is O=C(Cc1cccs1)NNc1c(F)c(F)cc(F)c1F. The van der Waals surface area contributed by atoms with Gasteiger partial charge in [0, 0.05) is 10.9 Å². The number of nitrogens with one attached hydrogen (secondary N) is 2. The molecule has 106 valence electrons. The van der Waals surface area contributed by atoms with Crippen LogP contribution in [0.5, 0.6) is 0 Å². The summed E-state index contributed by atoms with van der Waals surface area (Å²) in [6.45, 7) is 0. The molecule has 0 aliphatic rings. The van der Waals surface area contributed by atoms with E-state index in [2.05, 4.69) is 0 Å². The third-order valence-corrected chi connectivity index (χ3v) is 3.23. The fourth-order valence-electron chi connectivity index (χ4n) is 1.43. The van der Waals surface area contributed by atoms with Crippen LogP contribution in [0.4, 0.5) is 23.2 Å². The molecule has 0 aliphatic heterocycles. The molecule has 0 unspecified atom stereocenters. The van der Waals surface area contributed by atoms with Gasteiger partial charge in [0.2, 0.25) is 5.91 Å². The number of carbonyl (C=O) groups excluding carboxylic acids is 1. The quantitative estimate of drug-likeness (QED) is 0.518. The number of halogens is 4. The number of hydrazine groups is 1. The highest BCUT2D eigenvalue weighted by Crippen LogP contribution is 2.23. The van der Waals surface area contributed by atoms with Crippen LogP contribution in [-0.2, 0) is 11.2 Å². The summed E-state index contributed by atoms with van der Waals surface area (Å²) in [6, 6.07) is 3.53. The van der Waals surface area contributed by atoms with E-state index < -0.39 is 34.9 Å². The molecule has 0 bridgehead atoms. The van der Waals surface area contributed by atoms with Gasteiger partial charge in [-0.15, -0.1) is 11.3 Å². The maximum atomic E-state index is 13.3. The first-order valence-corrected chi connectivity index (χ1v) is 6.27. The Morgan fingerprint density at radius 3 is 2.35 bits per heavy atom. The van der Waals surface area contributed by atoms with Gasteiger partial charge in [-0.05, 0) is 11.4 Å². The first kappa shape index (κ1) is 14.3. The van der Waals surface area contributed by atoms with Gasteiger partial charge in [-0.2, -0.15) is 0 Å². The number of thiophene rings is 1. The fourth-order valence-corrected chi connectivity index (χ4v) is 2.13. The van der Waals surface area contributed by atoms with Crippen molar-refractivity contribution in [1.82, 2.24) is 5.43 Å². The van der Waals surface area contributed by atoms with Crippen LogP contribution < -0.4 is 10.9 Å². The second kappa shape index (κ2) is 5.91. The zero-order valence-corrected chi connectivity index (χ0v) is 10.7. The third kappa shape index (κ3) is 3.08. The average molecular weight is 304 g/mol. The van der Waals surface area contributed by atoms with Crippen LogP contribution in [0.15, 0.2) is 23.6 Å². The zero-order valence-electron chi connectivity index (χ0n) is 9.84. The highest BCUT2D eigenvalue weighted by atomic mass is 32.1. The highest BCUT2D eigenvalue weighted by Gasteiger charge is 2.19. The van der Waals surface area contributed by atoms with E-state index in [0.717, 1.165) is 4.88 Å². The standard InChI is InChI=1S/C12H8F4N2OS/c13-7-5-8(14)11(16)12(10(7)15)18-17-9(19)4-6-2-1-3-20-6/h1-3,5,18H,4H2,(H,17,19). The maximum absolute atomic E-state index is 13.3. The van der Waals surface area contributed by atoms with Crippen molar-refractivity contribution in [3.05, 3.63) is 51.7 Å². The van der Waals surface area contributed by atoms with Gasteiger partial charge >= 0.3 is 0 Å². The van der Waals surface area contributed by atoms with Crippen molar-refractivity contribution in [2.75, 3.05) is 5.43 Å². The van der Waals surface area contributed by atoms with Crippen molar-refractivity contribution < 1.29 is 22.4 Å². The summed E-state index contributed by atoms with van der Waals surface area (Å²) in [5.74, 6) is -6.94. The molecule has 0 spiro atoms. The van der Waals surface area contributed by atoms with Crippen molar-refractivity contribution in [1.29, 1.82) is 0 Å². The number of carbonyl (C=O) groups is 1. The Morgan fingerprint density at radius 1 is 1.15 bits per heavy atom. The molecule has 1 aromatic carbocycles. The van der Waals surface area contributed by atoms with Gasteiger partial charge in [0.1, 0.15) is 5.69 Å². The molecular formula is C12H8F4N2OS. The van der Waals surface area contributed by atoms with Crippen molar-refractivity contribution in [3.63, 3.8) is 0 Å². The first-order chi connectivity index (χ1) is 9.49. The minimum absolute atomic E-state index is 0.0221. The molecule has 1 heterocycles.